The summed E-state index contributed by atoms with van der Waals surface area (Å²) < 4.78 is 0. The third-order valence-electron chi connectivity index (χ3n) is 3.14. The third-order valence-corrected chi connectivity index (χ3v) is 4.11. The average molecular weight is 245 g/mol. The maximum atomic E-state index is 11.8. The van der Waals surface area contributed by atoms with Crippen LogP contribution in [-0.2, 0) is 9.59 Å². The molecule has 0 saturated heterocycles. The van der Waals surface area contributed by atoms with Gasteiger partial charge in [0.25, 0.3) is 0 Å². The molecule has 1 fully saturated rings. The van der Waals surface area contributed by atoms with Crippen LogP contribution in [0, 0.1) is 11.8 Å². The molecule has 0 aromatic heterocycles. The first kappa shape index (κ1) is 13.4. The fourth-order valence-electron chi connectivity index (χ4n) is 2.03. The fourth-order valence-corrected chi connectivity index (χ4v) is 2.28. The van der Waals surface area contributed by atoms with E-state index in [1.807, 2.05) is 13.2 Å². The Kier molecular flexibility index (Phi) is 5.12. The van der Waals surface area contributed by atoms with Crippen molar-refractivity contribution in [1.29, 1.82) is 0 Å². The number of carbonyl (C=O) groups excluding carboxylic acids is 1. The number of carboxylic acid groups (broad SMARTS) is 1. The van der Waals surface area contributed by atoms with Gasteiger partial charge in [-0.3, -0.25) is 9.59 Å². The predicted molar refractivity (Wildman–Crippen MR) is 64.5 cm³/mol. The molecule has 1 unspecified atom stereocenters. The van der Waals surface area contributed by atoms with Crippen molar-refractivity contribution in [3.05, 3.63) is 0 Å². The number of rotatable bonds is 5. The first-order valence-corrected chi connectivity index (χ1v) is 6.88. The SMILES string of the molecule is CSC(C)CNC(=O)[C@@H]1CCC[C@@H]1C(=O)O. The van der Waals surface area contributed by atoms with Crippen molar-refractivity contribution in [2.75, 3.05) is 12.8 Å². The van der Waals surface area contributed by atoms with Gasteiger partial charge in [0, 0.05) is 11.8 Å². The average Bonchev–Trinajstić information content (AvgIpc) is 2.74. The van der Waals surface area contributed by atoms with Crippen molar-refractivity contribution in [2.24, 2.45) is 11.8 Å². The number of carboxylic acids is 1. The lowest BCUT2D eigenvalue weighted by Gasteiger charge is -2.17. The number of nitrogens with one attached hydrogen (secondary N) is 1. The van der Waals surface area contributed by atoms with Gasteiger partial charge in [-0.05, 0) is 19.1 Å². The van der Waals surface area contributed by atoms with Crippen LogP contribution in [0.5, 0.6) is 0 Å². The van der Waals surface area contributed by atoms with Crippen LogP contribution in [-0.4, -0.2) is 35.0 Å². The van der Waals surface area contributed by atoms with E-state index in [0.29, 0.717) is 24.6 Å². The Bertz CT molecular complexity index is 270. The van der Waals surface area contributed by atoms with Crippen molar-refractivity contribution in [1.82, 2.24) is 5.32 Å². The summed E-state index contributed by atoms with van der Waals surface area (Å²) in [5.74, 6) is -1.74. The van der Waals surface area contributed by atoms with Crippen LogP contribution in [0.4, 0.5) is 0 Å². The van der Waals surface area contributed by atoms with Gasteiger partial charge < -0.3 is 10.4 Å². The van der Waals surface area contributed by atoms with E-state index >= 15 is 0 Å². The van der Waals surface area contributed by atoms with Gasteiger partial charge in [-0.15, -0.1) is 0 Å². The molecule has 1 aliphatic rings. The summed E-state index contributed by atoms with van der Waals surface area (Å²) >= 11 is 1.69. The molecule has 0 bridgehead atoms. The van der Waals surface area contributed by atoms with Crippen LogP contribution in [0.25, 0.3) is 0 Å². The minimum atomic E-state index is -0.837. The summed E-state index contributed by atoms with van der Waals surface area (Å²) in [7, 11) is 0. The normalized spacial score (nSPS) is 26.4. The number of amides is 1. The quantitative estimate of drug-likeness (QED) is 0.767. The number of thioether (sulfide) groups is 1. The fraction of sp³-hybridized carbons (Fsp3) is 0.818. The van der Waals surface area contributed by atoms with Gasteiger partial charge in [-0.1, -0.05) is 13.3 Å². The topological polar surface area (TPSA) is 66.4 Å². The zero-order valence-corrected chi connectivity index (χ0v) is 10.5. The van der Waals surface area contributed by atoms with Gasteiger partial charge in [0.15, 0.2) is 0 Å². The standard InChI is InChI=1S/C11H19NO3S/c1-7(16-2)6-12-10(13)8-4-3-5-9(8)11(14)15/h7-9H,3-6H2,1-2H3,(H,12,13)(H,14,15)/t7?,8-,9+/m1/s1. The van der Waals surface area contributed by atoms with E-state index in [9.17, 15) is 9.59 Å². The number of hydrogen-bond acceptors (Lipinski definition) is 3. The number of carbonyl (C=O) groups is 2. The molecular formula is C11H19NO3S. The highest BCUT2D eigenvalue weighted by atomic mass is 32.2. The van der Waals surface area contributed by atoms with Gasteiger partial charge >= 0.3 is 5.97 Å². The molecule has 0 spiro atoms. The molecule has 0 aliphatic heterocycles. The van der Waals surface area contributed by atoms with Crippen molar-refractivity contribution < 1.29 is 14.7 Å². The molecule has 0 heterocycles. The molecule has 1 rings (SSSR count). The summed E-state index contributed by atoms with van der Waals surface area (Å²) in [6.45, 7) is 2.65. The summed E-state index contributed by atoms with van der Waals surface area (Å²) in [5, 5.41) is 12.2. The zero-order chi connectivity index (χ0) is 12.1. The predicted octanol–water partition coefficient (Wildman–Crippen LogP) is 1.36. The lowest BCUT2D eigenvalue weighted by molar-refractivity contribution is -0.146. The Morgan fingerprint density at radius 1 is 1.44 bits per heavy atom. The van der Waals surface area contributed by atoms with Crippen molar-refractivity contribution in [3.8, 4) is 0 Å². The minimum absolute atomic E-state index is 0.0919. The van der Waals surface area contributed by atoms with Gasteiger partial charge in [0.1, 0.15) is 0 Å². The lowest BCUT2D eigenvalue weighted by atomic mass is 9.95. The van der Waals surface area contributed by atoms with E-state index in [-0.39, 0.29) is 11.8 Å². The molecule has 1 amide bonds. The van der Waals surface area contributed by atoms with Crippen LogP contribution in [0.15, 0.2) is 0 Å². The third kappa shape index (κ3) is 3.40. The highest BCUT2D eigenvalue weighted by molar-refractivity contribution is 7.99. The van der Waals surface area contributed by atoms with Crippen molar-refractivity contribution >= 4 is 23.6 Å². The largest absolute Gasteiger partial charge is 0.481 e. The number of hydrogen-bond donors (Lipinski definition) is 2. The first-order chi connectivity index (χ1) is 7.56. The summed E-state index contributed by atoms with van der Waals surface area (Å²) in [5.41, 5.74) is 0. The molecule has 0 aromatic carbocycles. The Labute approximate surface area is 100 Å². The van der Waals surface area contributed by atoms with E-state index in [0.717, 1.165) is 6.42 Å². The van der Waals surface area contributed by atoms with Crippen LogP contribution >= 0.6 is 11.8 Å². The summed E-state index contributed by atoms with van der Waals surface area (Å²) in [6.07, 6.45) is 4.17. The van der Waals surface area contributed by atoms with E-state index < -0.39 is 11.9 Å². The molecule has 92 valence electrons. The van der Waals surface area contributed by atoms with E-state index in [4.69, 9.17) is 5.11 Å². The second kappa shape index (κ2) is 6.13. The Morgan fingerprint density at radius 3 is 2.62 bits per heavy atom. The maximum Gasteiger partial charge on any atom is 0.307 e. The molecule has 1 saturated carbocycles. The molecule has 4 nitrogen and oxygen atoms in total. The highest BCUT2D eigenvalue weighted by Crippen LogP contribution is 2.32. The molecule has 0 aromatic rings. The first-order valence-electron chi connectivity index (χ1n) is 5.59. The van der Waals surface area contributed by atoms with Gasteiger partial charge in [-0.25, -0.2) is 0 Å². The van der Waals surface area contributed by atoms with Gasteiger partial charge in [0.05, 0.1) is 11.8 Å². The van der Waals surface area contributed by atoms with Crippen LogP contribution in [0.2, 0.25) is 0 Å². The van der Waals surface area contributed by atoms with Crippen LogP contribution in [0.3, 0.4) is 0 Å². The van der Waals surface area contributed by atoms with E-state index in [1.165, 1.54) is 0 Å². The smallest absolute Gasteiger partial charge is 0.307 e. The van der Waals surface area contributed by atoms with E-state index in [1.54, 1.807) is 11.8 Å². The minimum Gasteiger partial charge on any atom is -0.481 e. The molecule has 3 atom stereocenters. The zero-order valence-electron chi connectivity index (χ0n) is 9.73. The molecule has 2 N–H and O–H groups in total. The van der Waals surface area contributed by atoms with Gasteiger partial charge in [0.2, 0.25) is 5.91 Å². The number of aliphatic carboxylic acids is 1. The molecule has 16 heavy (non-hydrogen) atoms. The van der Waals surface area contributed by atoms with Crippen molar-refractivity contribution in [2.45, 2.75) is 31.4 Å². The van der Waals surface area contributed by atoms with Gasteiger partial charge in [-0.2, -0.15) is 11.8 Å². The molecule has 1 aliphatic carbocycles. The maximum absolute atomic E-state index is 11.8. The Morgan fingerprint density at radius 2 is 2.06 bits per heavy atom. The lowest BCUT2D eigenvalue weighted by Crippen LogP contribution is -2.37. The Hall–Kier alpha value is -0.710. The second-order valence-electron chi connectivity index (χ2n) is 4.27. The highest BCUT2D eigenvalue weighted by Gasteiger charge is 2.37. The van der Waals surface area contributed by atoms with E-state index in [2.05, 4.69) is 5.32 Å². The van der Waals surface area contributed by atoms with Crippen LogP contribution < -0.4 is 5.32 Å². The summed E-state index contributed by atoms with van der Waals surface area (Å²) in [4.78, 5) is 22.7. The monoisotopic (exact) mass is 245 g/mol. The second-order valence-corrected chi connectivity index (χ2v) is 5.55. The molecule has 0 radical (unpaired) electrons. The summed E-state index contributed by atoms with van der Waals surface area (Å²) in [6, 6.07) is 0. The molecular weight excluding hydrogens is 226 g/mol. The molecule has 5 heteroatoms. The van der Waals surface area contributed by atoms with Crippen molar-refractivity contribution in [3.63, 3.8) is 0 Å². The van der Waals surface area contributed by atoms with Crippen LogP contribution in [0.1, 0.15) is 26.2 Å². The Balaban J connectivity index is 2.44.